The zero-order valence-corrected chi connectivity index (χ0v) is 26.2. The number of sulfonamides is 1. The SMILES string of the molecule is COc1ccc2ncc(=O)n(CC(NS(=O)(=O)c3ccccc3[N+](=O)[O-])C3CCC(NCc4ccc5c(n4)NC(=O)CO5)CC3)c2c1. The second kappa shape index (κ2) is 13.4. The highest BCUT2D eigenvalue weighted by Crippen LogP contribution is 2.31. The van der Waals surface area contributed by atoms with E-state index in [4.69, 9.17) is 9.47 Å². The van der Waals surface area contributed by atoms with Gasteiger partial charge in [0, 0.05) is 37.3 Å². The molecular formula is C31H33N7O8S. The highest BCUT2D eigenvalue weighted by atomic mass is 32.2. The van der Waals surface area contributed by atoms with Gasteiger partial charge in [-0.3, -0.25) is 19.7 Å². The number of rotatable bonds is 11. The Kier molecular flexibility index (Phi) is 9.15. The Morgan fingerprint density at radius 3 is 2.68 bits per heavy atom. The van der Waals surface area contributed by atoms with Gasteiger partial charge >= 0.3 is 0 Å². The molecule has 1 aliphatic heterocycles. The molecule has 246 valence electrons. The maximum absolute atomic E-state index is 13.7. The molecule has 0 saturated heterocycles. The van der Waals surface area contributed by atoms with E-state index in [2.05, 4.69) is 25.3 Å². The maximum Gasteiger partial charge on any atom is 0.289 e. The highest BCUT2D eigenvalue weighted by Gasteiger charge is 2.34. The molecule has 16 heteroatoms. The molecule has 2 aliphatic rings. The molecule has 3 N–H and O–H groups in total. The number of para-hydroxylation sites is 1. The molecule has 1 atom stereocenters. The van der Waals surface area contributed by atoms with Crippen molar-refractivity contribution in [3.8, 4) is 11.5 Å². The molecule has 1 saturated carbocycles. The number of hydrogen-bond donors (Lipinski definition) is 3. The topological polar surface area (TPSA) is 197 Å². The molecule has 15 nitrogen and oxygen atoms in total. The number of amides is 1. The number of nitro benzene ring substituents is 1. The third-order valence-corrected chi connectivity index (χ3v) is 10.1. The van der Waals surface area contributed by atoms with Crippen molar-refractivity contribution in [2.24, 2.45) is 5.92 Å². The lowest BCUT2D eigenvalue weighted by molar-refractivity contribution is -0.387. The van der Waals surface area contributed by atoms with Crippen LogP contribution in [0.4, 0.5) is 11.5 Å². The summed E-state index contributed by atoms with van der Waals surface area (Å²) in [7, 11) is -2.86. The number of ether oxygens (including phenoxy) is 2. The predicted molar refractivity (Wildman–Crippen MR) is 171 cm³/mol. The minimum Gasteiger partial charge on any atom is -0.497 e. The summed E-state index contributed by atoms with van der Waals surface area (Å²) in [6.45, 7) is 0.377. The first-order valence-electron chi connectivity index (χ1n) is 15.1. The Hall–Kier alpha value is -4.93. The lowest BCUT2D eigenvalue weighted by Crippen LogP contribution is -2.47. The van der Waals surface area contributed by atoms with Gasteiger partial charge in [0.1, 0.15) is 5.75 Å². The van der Waals surface area contributed by atoms with E-state index >= 15 is 0 Å². The van der Waals surface area contributed by atoms with E-state index in [1.807, 2.05) is 6.07 Å². The molecule has 1 fully saturated rings. The van der Waals surface area contributed by atoms with E-state index in [-0.39, 0.29) is 31.0 Å². The van der Waals surface area contributed by atoms with Gasteiger partial charge in [-0.15, -0.1) is 0 Å². The van der Waals surface area contributed by atoms with Crippen molar-refractivity contribution in [3.05, 3.63) is 87.0 Å². The molecular weight excluding hydrogens is 630 g/mol. The second-order valence-electron chi connectivity index (χ2n) is 11.5. The fourth-order valence-corrected chi connectivity index (χ4v) is 7.58. The summed E-state index contributed by atoms with van der Waals surface area (Å²) >= 11 is 0. The Morgan fingerprint density at radius 2 is 1.91 bits per heavy atom. The Balaban J connectivity index is 1.23. The third kappa shape index (κ3) is 7.08. The average molecular weight is 664 g/mol. The van der Waals surface area contributed by atoms with Gasteiger partial charge in [0.05, 0.1) is 35.0 Å². The number of nitrogens with zero attached hydrogens (tertiary/aromatic N) is 4. The van der Waals surface area contributed by atoms with Crippen molar-refractivity contribution >= 4 is 38.5 Å². The molecule has 47 heavy (non-hydrogen) atoms. The Morgan fingerprint density at radius 1 is 1.13 bits per heavy atom. The van der Waals surface area contributed by atoms with Gasteiger partial charge in [-0.1, -0.05) is 12.1 Å². The summed E-state index contributed by atoms with van der Waals surface area (Å²) in [6, 6.07) is 13.2. The largest absolute Gasteiger partial charge is 0.497 e. The van der Waals surface area contributed by atoms with Crippen LogP contribution >= 0.6 is 0 Å². The number of nitrogens with one attached hydrogen (secondary N) is 3. The van der Waals surface area contributed by atoms with Crippen molar-refractivity contribution < 1.29 is 27.6 Å². The van der Waals surface area contributed by atoms with Gasteiger partial charge in [-0.2, -0.15) is 0 Å². The molecule has 1 unspecified atom stereocenters. The number of carbonyl (C=O) groups is 1. The molecule has 0 spiro atoms. The zero-order chi connectivity index (χ0) is 33.1. The first-order chi connectivity index (χ1) is 22.6. The van der Waals surface area contributed by atoms with Gasteiger partial charge < -0.3 is 24.7 Å². The van der Waals surface area contributed by atoms with E-state index in [1.54, 1.807) is 24.3 Å². The molecule has 3 heterocycles. The van der Waals surface area contributed by atoms with E-state index in [0.717, 1.165) is 11.8 Å². The fourth-order valence-electron chi connectivity index (χ4n) is 6.11. The van der Waals surface area contributed by atoms with Crippen LogP contribution < -0.4 is 30.4 Å². The maximum atomic E-state index is 13.7. The van der Waals surface area contributed by atoms with Crippen LogP contribution in [-0.4, -0.2) is 59.6 Å². The predicted octanol–water partition coefficient (Wildman–Crippen LogP) is 2.73. The van der Waals surface area contributed by atoms with Gasteiger partial charge in [0.25, 0.3) is 17.2 Å². The third-order valence-electron chi connectivity index (χ3n) is 8.54. The van der Waals surface area contributed by atoms with Crippen LogP contribution in [0.25, 0.3) is 11.0 Å². The Labute approximate surface area is 269 Å². The molecule has 2 aromatic heterocycles. The minimum atomic E-state index is -4.37. The normalized spacial score (nSPS) is 18.5. The van der Waals surface area contributed by atoms with Gasteiger partial charge in [-0.25, -0.2) is 23.1 Å². The standard InChI is InChI=1S/C31H33N7O8S/c1-45-22-11-12-23-26(14-22)37(30(40)16-33-23)17-24(36-47(43,44)28-5-3-2-4-25(28)38(41)42)19-6-8-20(9-7-19)32-15-21-10-13-27-31(34-21)35-29(39)18-46-27/h2-5,10-14,16,19-20,24,32,36H,6-9,15,17-18H2,1H3,(H,34,35,39). The lowest BCUT2D eigenvalue weighted by atomic mass is 9.81. The van der Waals surface area contributed by atoms with Crippen LogP contribution in [0.1, 0.15) is 31.4 Å². The minimum absolute atomic E-state index is 0.0273. The van der Waals surface area contributed by atoms with E-state index in [0.29, 0.717) is 60.6 Å². The van der Waals surface area contributed by atoms with Crippen LogP contribution in [0.2, 0.25) is 0 Å². The quantitative estimate of drug-likeness (QED) is 0.158. The molecule has 0 bridgehead atoms. The summed E-state index contributed by atoms with van der Waals surface area (Å²) in [5.41, 5.74) is 0.771. The number of methoxy groups -OCH3 is 1. The van der Waals surface area contributed by atoms with Crippen molar-refractivity contribution in [1.29, 1.82) is 0 Å². The van der Waals surface area contributed by atoms with Crippen molar-refractivity contribution in [3.63, 3.8) is 0 Å². The van der Waals surface area contributed by atoms with Crippen molar-refractivity contribution in [2.75, 3.05) is 19.0 Å². The molecule has 4 aromatic rings. The average Bonchev–Trinajstić information content (AvgIpc) is 3.07. The summed E-state index contributed by atoms with van der Waals surface area (Å²) in [4.78, 5) is 44.1. The number of pyridine rings is 1. The summed E-state index contributed by atoms with van der Waals surface area (Å²) in [5, 5.41) is 17.9. The van der Waals surface area contributed by atoms with E-state index in [9.17, 15) is 28.1 Å². The Bertz CT molecular complexity index is 1990. The van der Waals surface area contributed by atoms with Gasteiger partial charge in [-0.05, 0) is 61.9 Å². The van der Waals surface area contributed by atoms with Gasteiger partial charge in [0.15, 0.2) is 23.1 Å². The van der Waals surface area contributed by atoms with Crippen LogP contribution in [0, 0.1) is 16.0 Å². The zero-order valence-electron chi connectivity index (χ0n) is 25.4. The molecule has 0 radical (unpaired) electrons. The summed E-state index contributed by atoms with van der Waals surface area (Å²) in [6.07, 6.45) is 3.84. The number of fused-ring (bicyclic) bond motifs is 2. The fraction of sp³-hybridized carbons (Fsp3) is 0.355. The number of anilines is 1. The number of benzene rings is 2. The number of hydrogen-bond acceptors (Lipinski definition) is 11. The van der Waals surface area contributed by atoms with Crippen LogP contribution in [-0.2, 0) is 27.9 Å². The highest BCUT2D eigenvalue weighted by molar-refractivity contribution is 7.89. The smallest absolute Gasteiger partial charge is 0.289 e. The van der Waals surface area contributed by atoms with Crippen LogP contribution in [0.5, 0.6) is 11.5 Å². The second-order valence-corrected chi connectivity index (χ2v) is 13.2. The first-order valence-corrected chi connectivity index (χ1v) is 16.5. The number of nitro groups is 1. The molecule has 2 aromatic carbocycles. The summed E-state index contributed by atoms with van der Waals surface area (Å²) < 4.78 is 42.3. The van der Waals surface area contributed by atoms with Crippen molar-refractivity contribution in [2.45, 2.75) is 55.8 Å². The number of carbonyl (C=O) groups excluding carboxylic acids is 1. The van der Waals surface area contributed by atoms with Gasteiger partial charge in [0.2, 0.25) is 10.0 Å². The lowest BCUT2D eigenvalue weighted by Gasteiger charge is -2.35. The van der Waals surface area contributed by atoms with E-state index in [1.165, 1.54) is 36.1 Å². The summed E-state index contributed by atoms with van der Waals surface area (Å²) in [5.74, 6) is 0.949. The molecule has 1 aliphatic carbocycles. The van der Waals surface area contributed by atoms with Crippen molar-refractivity contribution in [1.82, 2.24) is 24.6 Å². The van der Waals surface area contributed by atoms with Crippen LogP contribution in [0.15, 0.2) is 70.5 Å². The van der Waals surface area contributed by atoms with Crippen LogP contribution in [0.3, 0.4) is 0 Å². The first kappa shape index (κ1) is 32.0. The molecule has 6 rings (SSSR count). The molecule has 1 amide bonds. The monoisotopic (exact) mass is 663 g/mol. The number of aromatic nitrogens is 3. The van der Waals surface area contributed by atoms with E-state index < -0.39 is 37.1 Å².